The molecule has 0 aromatic carbocycles. The van der Waals surface area contributed by atoms with Crippen LogP contribution in [0.3, 0.4) is 0 Å². The second kappa shape index (κ2) is 13.8. The summed E-state index contributed by atoms with van der Waals surface area (Å²) < 4.78 is 1.33. The molecule has 0 aliphatic carbocycles. The van der Waals surface area contributed by atoms with Crippen LogP contribution in [-0.4, -0.2) is 30.7 Å². The van der Waals surface area contributed by atoms with Gasteiger partial charge < -0.3 is 4.48 Å². The summed E-state index contributed by atoms with van der Waals surface area (Å²) in [5.41, 5.74) is 3.02. The highest BCUT2D eigenvalue weighted by Gasteiger charge is 2.24. The average Bonchev–Trinajstić information content (AvgIpc) is 2.53. The summed E-state index contributed by atoms with van der Waals surface area (Å²) in [6.45, 7) is 19.1. The fourth-order valence-corrected chi connectivity index (χ4v) is 3.13. The summed E-state index contributed by atoms with van der Waals surface area (Å²) in [5.74, 6) is 0. The third kappa shape index (κ3) is 11.6. The molecule has 0 bridgehead atoms. The monoisotopic (exact) mass is 322 g/mol. The normalized spacial score (nSPS) is 12.5. The first kappa shape index (κ1) is 22.4. The van der Waals surface area contributed by atoms with Crippen molar-refractivity contribution in [3.05, 3.63) is 23.3 Å². The van der Waals surface area contributed by atoms with E-state index in [4.69, 9.17) is 0 Å². The lowest BCUT2D eigenvalue weighted by Crippen LogP contribution is -2.50. The Balaban J connectivity index is 4.81. The molecule has 0 rings (SSSR count). The molecule has 1 nitrogen and oxygen atoms in total. The number of allylic oxidation sites excluding steroid dienone is 3. The van der Waals surface area contributed by atoms with Crippen molar-refractivity contribution in [2.45, 2.75) is 92.9 Å². The number of hydrogen-bond acceptors (Lipinski definition) is 0. The molecule has 0 aromatic heterocycles. The van der Waals surface area contributed by atoms with Gasteiger partial charge in [-0.25, -0.2) is 0 Å². The molecule has 0 saturated heterocycles. The molecule has 0 aliphatic rings. The van der Waals surface area contributed by atoms with Gasteiger partial charge in [0.15, 0.2) is 0 Å². The lowest BCUT2D eigenvalue weighted by molar-refractivity contribution is -0.923. The Morgan fingerprint density at radius 1 is 0.739 bits per heavy atom. The van der Waals surface area contributed by atoms with Crippen molar-refractivity contribution in [3.63, 3.8) is 0 Å². The summed E-state index contributed by atoms with van der Waals surface area (Å²) in [5, 5.41) is 0. The second-order valence-electron chi connectivity index (χ2n) is 7.63. The fourth-order valence-electron chi connectivity index (χ4n) is 3.13. The first-order valence-corrected chi connectivity index (χ1v) is 10.1. The highest BCUT2D eigenvalue weighted by atomic mass is 15.3. The maximum absolute atomic E-state index is 2.56. The van der Waals surface area contributed by atoms with Crippen LogP contribution in [0.15, 0.2) is 23.3 Å². The second-order valence-corrected chi connectivity index (χ2v) is 7.63. The zero-order valence-electron chi connectivity index (χ0n) is 17.1. The molecule has 0 aliphatic heterocycles. The van der Waals surface area contributed by atoms with Crippen molar-refractivity contribution in [2.75, 3.05) is 26.2 Å². The number of rotatable bonds is 14. The van der Waals surface area contributed by atoms with Gasteiger partial charge in [0.1, 0.15) is 0 Å². The van der Waals surface area contributed by atoms with E-state index in [2.05, 4.69) is 53.7 Å². The lowest BCUT2D eigenvalue weighted by atomic mass is 10.1. The maximum Gasteiger partial charge on any atom is 0.0976 e. The highest BCUT2D eigenvalue weighted by Crippen LogP contribution is 2.17. The number of quaternary nitrogens is 1. The molecule has 0 heterocycles. The Kier molecular flexibility index (Phi) is 13.5. The molecule has 136 valence electrons. The van der Waals surface area contributed by atoms with Crippen molar-refractivity contribution < 1.29 is 4.48 Å². The quantitative estimate of drug-likeness (QED) is 0.241. The molecule has 23 heavy (non-hydrogen) atoms. The predicted octanol–water partition coefficient (Wildman–Crippen LogP) is 6.90. The summed E-state index contributed by atoms with van der Waals surface area (Å²) in [7, 11) is 0. The van der Waals surface area contributed by atoms with E-state index in [9.17, 15) is 0 Å². The fraction of sp³-hybridized carbons (Fsp3) is 0.818. The molecule has 0 spiro atoms. The van der Waals surface area contributed by atoms with Crippen LogP contribution in [-0.2, 0) is 0 Å². The largest absolute Gasteiger partial charge is 0.320 e. The number of nitrogens with zero attached hydrogens (tertiary/aromatic N) is 1. The predicted molar refractivity (Wildman–Crippen MR) is 107 cm³/mol. The van der Waals surface area contributed by atoms with Crippen LogP contribution in [0.1, 0.15) is 92.9 Å². The molecular weight excluding hydrogens is 278 g/mol. The van der Waals surface area contributed by atoms with E-state index >= 15 is 0 Å². The third-order valence-electron chi connectivity index (χ3n) is 4.88. The standard InChI is InChI=1S/C22H44N/c1-7-10-17-23(18-11-8-2,19-12-9-3)20-16-22(6)15-13-14-21(4)5/h14,16H,7-13,15,17-20H2,1-6H3/q+1/b22-16+. The van der Waals surface area contributed by atoms with E-state index in [-0.39, 0.29) is 0 Å². The summed E-state index contributed by atoms with van der Waals surface area (Å²) >= 11 is 0. The first-order chi connectivity index (χ1) is 11.0. The molecule has 0 aromatic rings. The molecule has 0 saturated carbocycles. The maximum atomic E-state index is 2.56. The molecule has 0 unspecified atom stereocenters. The highest BCUT2D eigenvalue weighted by molar-refractivity contribution is 5.02. The summed E-state index contributed by atoms with van der Waals surface area (Å²) in [6, 6.07) is 0. The molecule has 1 heteroatoms. The third-order valence-corrected chi connectivity index (χ3v) is 4.88. The minimum absolute atomic E-state index is 1.20. The van der Waals surface area contributed by atoms with Gasteiger partial charge in [-0.2, -0.15) is 0 Å². The van der Waals surface area contributed by atoms with Crippen LogP contribution >= 0.6 is 0 Å². The molecule has 0 radical (unpaired) electrons. The molecule has 0 amide bonds. The van der Waals surface area contributed by atoms with Crippen molar-refractivity contribution in [2.24, 2.45) is 0 Å². The molecular formula is C22H44N+. The van der Waals surface area contributed by atoms with E-state index in [1.165, 1.54) is 87.6 Å². The Morgan fingerprint density at radius 3 is 1.61 bits per heavy atom. The van der Waals surface area contributed by atoms with E-state index in [0.29, 0.717) is 0 Å². The van der Waals surface area contributed by atoms with Gasteiger partial charge in [0.25, 0.3) is 0 Å². The first-order valence-electron chi connectivity index (χ1n) is 10.1. The van der Waals surface area contributed by atoms with E-state index in [1.54, 1.807) is 5.57 Å². The Morgan fingerprint density at radius 2 is 1.22 bits per heavy atom. The van der Waals surface area contributed by atoms with E-state index < -0.39 is 0 Å². The topological polar surface area (TPSA) is 0 Å². The van der Waals surface area contributed by atoms with Crippen LogP contribution in [0.25, 0.3) is 0 Å². The summed E-state index contributed by atoms with van der Waals surface area (Å²) in [4.78, 5) is 0. The average molecular weight is 323 g/mol. The SMILES string of the molecule is CCCC[N+](C/C=C(\C)CCC=C(C)C)(CCCC)CCCC. The minimum Gasteiger partial charge on any atom is -0.320 e. The van der Waals surface area contributed by atoms with E-state index in [1.807, 2.05) is 0 Å². The van der Waals surface area contributed by atoms with Gasteiger partial charge in [-0.1, -0.05) is 57.3 Å². The van der Waals surface area contributed by atoms with Crippen molar-refractivity contribution in [1.29, 1.82) is 0 Å². The smallest absolute Gasteiger partial charge is 0.0976 e. The Hall–Kier alpha value is -0.560. The van der Waals surface area contributed by atoms with Crippen molar-refractivity contribution in [1.82, 2.24) is 0 Å². The van der Waals surface area contributed by atoms with Gasteiger partial charge in [0.2, 0.25) is 0 Å². The van der Waals surface area contributed by atoms with Crippen LogP contribution in [0, 0.1) is 0 Å². The van der Waals surface area contributed by atoms with Gasteiger partial charge in [-0.05, 0) is 59.0 Å². The van der Waals surface area contributed by atoms with E-state index in [0.717, 1.165) is 0 Å². The van der Waals surface area contributed by atoms with Crippen LogP contribution in [0.5, 0.6) is 0 Å². The number of hydrogen-bond donors (Lipinski definition) is 0. The lowest BCUT2D eigenvalue weighted by Gasteiger charge is -2.38. The Labute approximate surface area is 147 Å². The van der Waals surface area contributed by atoms with Crippen molar-refractivity contribution in [3.8, 4) is 0 Å². The van der Waals surface area contributed by atoms with Crippen LogP contribution in [0.4, 0.5) is 0 Å². The van der Waals surface area contributed by atoms with Crippen LogP contribution in [0.2, 0.25) is 0 Å². The van der Waals surface area contributed by atoms with Gasteiger partial charge in [0.05, 0.1) is 26.2 Å². The zero-order valence-corrected chi connectivity index (χ0v) is 17.1. The number of unbranched alkanes of at least 4 members (excludes halogenated alkanes) is 3. The summed E-state index contributed by atoms with van der Waals surface area (Å²) in [6.07, 6.45) is 15.4. The van der Waals surface area contributed by atoms with Crippen LogP contribution < -0.4 is 0 Å². The molecule has 0 atom stereocenters. The Bertz CT molecular complexity index is 312. The van der Waals surface area contributed by atoms with Gasteiger partial charge >= 0.3 is 0 Å². The minimum atomic E-state index is 1.20. The zero-order chi connectivity index (χ0) is 17.6. The van der Waals surface area contributed by atoms with Gasteiger partial charge in [-0.3, -0.25) is 0 Å². The van der Waals surface area contributed by atoms with Gasteiger partial charge in [-0.15, -0.1) is 0 Å². The van der Waals surface area contributed by atoms with Gasteiger partial charge in [0, 0.05) is 0 Å². The van der Waals surface area contributed by atoms with Crippen molar-refractivity contribution >= 4 is 0 Å². The molecule has 0 N–H and O–H groups in total. The molecule has 0 fully saturated rings.